The van der Waals surface area contributed by atoms with Crippen molar-refractivity contribution in [3.8, 4) is 11.5 Å². The van der Waals surface area contributed by atoms with Crippen molar-refractivity contribution in [1.29, 1.82) is 0 Å². The van der Waals surface area contributed by atoms with Gasteiger partial charge in [-0.05, 0) is 30.2 Å². The van der Waals surface area contributed by atoms with Gasteiger partial charge in [0, 0.05) is 38.3 Å². The van der Waals surface area contributed by atoms with Gasteiger partial charge in [-0.1, -0.05) is 27.7 Å². The molecule has 1 aliphatic rings. The summed E-state index contributed by atoms with van der Waals surface area (Å²) in [5.41, 5.74) is 1.04. The number of likely N-dealkylation sites (N-methyl/N-ethyl adjacent to an activating group) is 1. The number of methoxy groups -OCH3 is 1. The molecule has 1 aliphatic heterocycles. The number of β-amino-alcohol motifs (C(OH)–C–C–N with tert-alkyl or cyclic N) is 1. The number of ether oxygens (including phenoxy) is 2. The van der Waals surface area contributed by atoms with E-state index in [1.807, 2.05) is 18.2 Å². The zero-order valence-corrected chi connectivity index (χ0v) is 16.4. The molecule has 1 N–H and O–H groups in total. The third-order valence-corrected chi connectivity index (χ3v) is 4.81. The number of hydrogen-bond donors (Lipinski definition) is 1. The molecule has 0 amide bonds. The molecule has 1 fully saturated rings. The van der Waals surface area contributed by atoms with Crippen LogP contribution in [0, 0.1) is 0 Å². The van der Waals surface area contributed by atoms with Crippen LogP contribution in [-0.2, 0) is 5.41 Å². The van der Waals surface area contributed by atoms with E-state index in [2.05, 4.69) is 37.5 Å². The number of rotatable bonds is 7. The monoisotopic (exact) mass is 350 g/mol. The molecule has 0 aliphatic carbocycles. The van der Waals surface area contributed by atoms with Crippen molar-refractivity contribution < 1.29 is 14.6 Å². The van der Waals surface area contributed by atoms with Crippen molar-refractivity contribution in [2.24, 2.45) is 0 Å². The molecule has 0 saturated carbocycles. The average Bonchev–Trinajstić information content (AvgIpc) is 2.59. The molecule has 1 heterocycles. The summed E-state index contributed by atoms with van der Waals surface area (Å²) in [5, 5.41) is 10.4. The molecule has 0 spiro atoms. The Morgan fingerprint density at radius 1 is 1.12 bits per heavy atom. The van der Waals surface area contributed by atoms with Gasteiger partial charge in [-0.2, -0.15) is 0 Å². The van der Waals surface area contributed by atoms with Gasteiger partial charge in [-0.3, -0.25) is 4.90 Å². The zero-order valence-electron chi connectivity index (χ0n) is 16.4. The summed E-state index contributed by atoms with van der Waals surface area (Å²) in [7, 11) is 1.67. The zero-order chi connectivity index (χ0) is 18.4. The number of aliphatic hydroxyl groups excluding tert-OH is 1. The molecule has 5 nitrogen and oxygen atoms in total. The van der Waals surface area contributed by atoms with Crippen LogP contribution in [0.15, 0.2) is 18.2 Å². The maximum Gasteiger partial charge on any atom is 0.123 e. The van der Waals surface area contributed by atoms with Crippen LogP contribution in [-0.4, -0.2) is 74.0 Å². The van der Waals surface area contributed by atoms with Gasteiger partial charge < -0.3 is 19.5 Å². The van der Waals surface area contributed by atoms with Crippen LogP contribution < -0.4 is 9.47 Å². The molecule has 0 aromatic heterocycles. The molecule has 5 heteroatoms. The fraction of sp³-hybridized carbons (Fsp3) is 0.700. The van der Waals surface area contributed by atoms with E-state index in [4.69, 9.17) is 9.47 Å². The van der Waals surface area contributed by atoms with Gasteiger partial charge in [0.1, 0.15) is 24.2 Å². The summed E-state index contributed by atoms with van der Waals surface area (Å²) >= 11 is 0. The lowest BCUT2D eigenvalue weighted by Gasteiger charge is -2.35. The molecule has 0 unspecified atom stereocenters. The van der Waals surface area contributed by atoms with Crippen molar-refractivity contribution in [2.75, 3.05) is 53.0 Å². The molecule has 0 bridgehead atoms. The summed E-state index contributed by atoms with van der Waals surface area (Å²) < 4.78 is 11.3. The van der Waals surface area contributed by atoms with Crippen molar-refractivity contribution in [3.05, 3.63) is 23.8 Å². The third-order valence-electron chi connectivity index (χ3n) is 4.81. The van der Waals surface area contributed by atoms with E-state index < -0.39 is 6.10 Å². The first-order valence-electron chi connectivity index (χ1n) is 9.27. The lowest BCUT2D eigenvalue weighted by atomic mass is 9.86. The van der Waals surface area contributed by atoms with Gasteiger partial charge in [-0.15, -0.1) is 0 Å². The highest BCUT2D eigenvalue weighted by Gasteiger charge is 2.22. The highest BCUT2D eigenvalue weighted by Crippen LogP contribution is 2.34. The number of nitrogens with zero attached hydrogens (tertiary/aromatic N) is 2. The van der Waals surface area contributed by atoms with Crippen molar-refractivity contribution in [3.63, 3.8) is 0 Å². The minimum Gasteiger partial charge on any atom is -0.497 e. The molecule has 1 atom stereocenters. The molecular formula is C20H34N2O3. The molecule has 1 aromatic rings. The minimum absolute atomic E-state index is 0.0503. The minimum atomic E-state index is -0.483. The fourth-order valence-electron chi connectivity index (χ4n) is 3.17. The number of aliphatic hydroxyl groups is 1. The van der Waals surface area contributed by atoms with Crippen LogP contribution in [0.1, 0.15) is 33.3 Å². The Hall–Kier alpha value is -1.30. The number of piperazine rings is 1. The second kappa shape index (κ2) is 8.88. The van der Waals surface area contributed by atoms with E-state index in [0.717, 1.165) is 49.8 Å². The molecule has 25 heavy (non-hydrogen) atoms. The summed E-state index contributed by atoms with van der Waals surface area (Å²) in [6.45, 7) is 14.9. The Bertz CT molecular complexity index is 534. The van der Waals surface area contributed by atoms with E-state index in [0.29, 0.717) is 13.2 Å². The topological polar surface area (TPSA) is 45.2 Å². The quantitative estimate of drug-likeness (QED) is 0.818. The maximum absolute atomic E-state index is 10.4. The fourth-order valence-corrected chi connectivity index (χ4v) is 3.17. The number of benzene rings is 1. The van der Waals surface area contributed by atoms with Gasteiger partial charge in [0.15, 0.2) is 0 Å². The summed E-state index contributed by atoms with van der Waals surface area (Å²) in [6, 6.07) is 5.86. The Labute approximate surface area is 152 Å². The van der Waals surface area contributed by atoms with Crippen LogP contribution in [0.4, 0.5) is 0 Å². The standard InChI is InChI=1S/C20H34N2O3/c1-6-21-9-11-22(12-10-21)14-16(23)15-25-19-8-7-17(24-5)13-18(19)20(2,3)4/h7-8,13,16,23H,6,9-12,14-15H2,1-5H3/t16-/m0/s1. The Morgan fingerprint density at radius 2 is 1.76 bits per heavy atom. The second-order valence-corrected chi connectivity index (χ2v) is 7.81. The van der Waals surface area contributed by atoms with E-state index >= 15 is 0 Å². The average molecular weight is 351 g/mol. The van der Waals surface area contributed by atoms with Crippen molar-refractivity contribution in [2.45, 2.75) is 39.2 Å². The number of hydrogen-bond acceptors (Lipinski definition) is 5. The van der Waals surface area contributed by atoms with Gasteiger partial charge in [0.25, 0.3) is 0 Å². The summed E-state index contributed by atoms with van der Waals surface area (Å²) in [4.78, 5) is 4.76. The van der Waals surface area contributed by atoms with Crippen LogP contribution in [0.5, 0.6) is 11.5 Å². The van der Waals surface area contributed by atoms with Gasteiger partial charge in [-0.25, -0.2) is 0 Å². The highest BCUT2D eigenvalue weighted by atomic mass is 16.5. The Kier molecular flexibility index (Phi) is 7.11. The molecule has 1 aromatic carbocycles. The van der Waals surface area contributed by atoms with Gasteiger partial charge in [0.05, 0.1) is 7.11 Å². The van der Waals surface area contributed by atoms with Crippen LogP contribution in [0.2, 0.25) is 0 Å². The SMILES string of the molecule is CCN1CCN(C[C@H](O)COc2ccc(OC)cc2C(C)(C)C)CC1. The van der Waals surface area contributed by atoms with E-state index in [-0.39, 0.29) is 5.41 Å². The van der Waals surface area contributed by atoms with Crippen LogP contribution >= 0.6 is 0 Å². The van der Waals surface area contributed by atoms with Gasteiger partial charge >= 0.3 is 0 Å². The van der Waals surface area contributed by atoms with E-state index in [1.54, 1.807) is 7.11 Å². The van der Waals surface area contributed by atoms with Crippen LogP contribution in [0.25, 0.3) is 0 Å². The van der Waals surface area contributed by atoms with Crippen molar-refractivity contribution in [1.82, 2.24) is 9.80 Å². The lowest BCUT2D eigenvalue weighted by Crippen LogP contribution is -2.49. The largest absolute Gasteiger partial charge is 0.497 e. The smallest absolute Gasteiger partial charge is 0.123 e. The molecule has 1 saturated heterocycles. The van der Waals surface area contributed by atoms with Gasteiger partial charge in [0.2, 0.25) is 0 Å². The first-order chi connectivity index (χ1) is 11.8. The lowest BCUT2D eigenvalue weighted by molar-refractivity contribution is 0.0466. The molecule has 142 valence electrons. The predicted molar refractivity (Wildman–Crippen MR) is 102 cm³/mol. The van der Waals surface area contributed by atoms with E-state index in [9.17, 15) is 5.11 Å². The van der Waals surface area contributed by atoms with E-state index in [1.165, 1.54) is 0 Å². The van der Waals surface area contributed by atoms with Crippen molar-refractivity contribution >= 4 is 0 Å². The highest BCUT2D eigenvalue weighted by molar-refractivity contribution is 5.44. The Morgan fingerprint density at radius 3 is 2.32 bits per heavy atom. The first-order valence-corrected chi connectivity index (χ1v) is 9.27. The van der Waals surface area contributed by atoms with Crippen LogP contribution in [0.3, 0.4) is 0 Å². The Balaban J connectivity index is 1.90. The second-order valence-electron chi connectivity index (χ2n) is 7.81. The first kappa shape index (κ1) is 20.0. The summed E-state index contributed by atoms with van der Waals surface area (Å²) in [6.07, 6.45) is -0.483. The summed E-state index contributed by atoms with van der Waals surface area (Å²) in [5.74, 6) is 1.65. The normalized spacial score (nSPS) is 18.2. The molecular weight excluding hydrogens is 316 g/mol. The molecule has 0 radical (unpaired) electrons. The maximum atomic E-state index is 10.4. The third kappa shape index (κ3) is 5.87. The molecule has 2 rings (SSSR count). The predicted octanol–water partition coefficient (Wildman–Crippen LogP) is 2.37.